The van der Waals surface area contributed by atoms with Crippen LogP contribution in [-0.4, -0.2) is 18.4 Å². The zero-order chi connectivity index (χ0) is 15.1. The van der Waals surface area contributed by atoms with Crippen molar-refractivity contribution in [1.82, 2.24) is 5.32 Å². The third-order valence-corrected chi connectivity index (χ3v) is 2.95. The molecule has 0 fully saturated rings. The minimum absolute atomic E-state index is 0.0115. The van der Waals surface area contributed by atoms with Crippen LogP contribution in [0.1, 0.15) is 50.7 Å². The topological polar surface area (TPSA) is 55.4 Å². The number of benzene rings is 1. The molecule has 1 aromatic carbocycles. The second-order valence-electron chi connectivity index (χ2n) is 5.23. The van der Waals surface area contributed by atoms with E-state index in [1.165, 1.54) is 0 Å². The maximum absolute atomic E-state index is 11.7. The van der Waals surface area contributed by atoms with Crippen molar-refractivity contribution in [3.8, 4) is 5.75 Å². The molecule has 0 aliphatic heterocycles. The summed E-state index contributed by atoms with van der Waals surface area (Å²) >= 11 is 0. The number of carbonyl (C=O) groups is 2. The Balaban J connectivity index is 2.64. The van der Waals surface area contributed by atoms with E-state index >= 15 is 0 Å². The molecule has 0 saturated carbocycles. The van der Waals surface area contributed by atoms with Crippen molar-refractivity contribution >= 4 is 11.9 Å². The SMILES string of the molecule is CCCC(=O)CNC(=O)Oc1ccc(C)cc1C(C)C. The zero-order valence-electron chi connectivity index (χ0n) is 12.7. The zero-order valence-corrected chi connectivity index (χ0v) is 12.7. The molecule has 20 heavy (non-hydrogen) atoms. The van der Waals surface area contributed by atoms with Gasteiger partial charge in [-0.25, -0.2) is 4.79 Å². The molecular weight excluding hydrogens is 254 g/mol. The highest BCUT2D eigenvalue weighted by atomic mass is 16.6. The summed E-state index contributed by atoms with van der Waals surface area (Å²) < 4.78 is 5.29. The van der Waals surface area contributed by atoms with E-state index in [-0.39, 0.29) is 18.2 Å². The fourth-order valence-electron chi connectivity index (χ4n) is 1.89. The molecule has 4 nitrogen and oxygen atoms in total. The Morgan fingerprint density at radius 1 is 1.30 bits per heavy atom. The first-order valence-corrected chi connectivity index (χ1v) is 7.02. The van der Waals surface area contributed by atoms with Gasteiger partial charge in [-0.3, -0.25) is 4.79 Å². The van der Waals surface area contributed by atoms with Crippen LogP contribution >= 0.6 is 0 Å². The maximum atomic E-state index is 11.7. The van der Waals surface area contributed by atoms with Gasteiger partial charge in [0.15, 0.2) is 5.78 Å². The van der Waals surface area contributed by atoms with Crippen LogP contribution in [0.5, 0.6) is 5.75 Å². The molecule has 0 spiro atoms. The van der Waals surface area contributed by atoms with Crippen LogP contribution in [-0.2, 0) is 4.79 Å². The highest BCUT2D eigenvalue weighted by molar-refractivity contribution is 5.84. The van der Waals surface area contributed by atoms with Gasteiger partial charge in [0.25, 0.3) is 0 Å². The Labute approximate surface area is 120 Å². The van der Waals surface area contributed by atoms with Gasteiger partial charge in [0.2, 0.25) is 0 Å². The lowest BCUT2D eigenvalue weighted by molar-refractivity contribution is -0.118. The molecule has 0 atom stereocenters. The second-order valence-corrected chi connectivity index (χ2v) is 5.23. The molecule has 110 valence electrons. The molecule has 4 heteroatoms. The summed E-state index contributed by atoms with van der Waals surface area (Å²) in [6, 6.07) is 5.70. The minimum atomic E-state index is -0.583. The lowest BCUT2D eigenvalue weighted by Gasteiger charge is -2.14. The monoisotopic (exact) mass is 277 g/mol. The molecule has 0 radical (unpaired) electrons. The third kappa shape index (κ3) is 5.03. The van der Waals surface area contributed by atoms with Crippen molar-refractivity contribution in [3.05, 3.63) is 29.3 Å². The van der Waals surface area contributed by atoms with Crippen LogP contribution < -0.4 is 10.1 Å². The Morgan fingerprint density at radius 2 is 2.00 bits per heavy atom. The number of hydrogen-bond donors (Lipinski definition) is 1. The average molecular weight is 277 g/mol. The first kappa shape index (κ1) is 16.2. The molecule has 0 bridgehead atoms. The highest BCUT2D eigenvalue weighted by Crippen LogP contribution is 2.27. The summed E-state index contributed by atoms with van der Waals surface area (Å²) in [6.07, 6.45) is 0.674. The van der Waals surface area contributed by atoms with Crippen molar-refractivity contribution in [1.29, 1.82) is 0 Å². The molecule has 1 N–H and O–H groups in total. The Bertz CT molecular complexity index is 481. The van der Waals surface area contributed by atoms with Crippen LogP contribution in [0.2, 0.25) is 0 Å². The van der Waals surface area contributed by atoms with Gasteiger partial charge in [0, 0.05) is 6.42 Å². The van der Waals surface area contributed by atoms with Crippen molar-refractivity contribution in [2.45, 2.75) is 46.5 Å². The minimum Gasteiger partial charge on any atom is -0.410 e. The van der Waals surface area contributed by atoms with E-state index in [1.54, 1.807) is 6.07 Å². The number of rotatable bonds is 6. The van der Waals surface area contributed by atoms with Gasteiger partial charge in [-0.15, -0.1) is 0 Å². The van der Waals surface area contributed by atoms with Crippen molar-refractivity contribution in [3.63, 3.8) is 0 Å². The summed E-state index contributed by atoms with van der Waals surface area (Å²) in [5, 5.41) is 2.49. The molecule has 0 unspecified atom stereocenters. The molecule has 0 aromatic heterocycles. The van der Waals surface area contributed by atoms with E-state index in [0.29, 0.717) is 12.2 Å². The van der Waals surface area contributed by atoms with Crippen LogP contribution in [0.4, 0.5) is 4.79 Å². The quantitative estimate of drug-likeness (QED) is 0.864. The Morgan fingerprint density at radius 3 is 2.60 bits per heavy atom. The summed E-state index contributed by atoms with van der Waals surface area (Å²) in [7, 11) is 0. The van der Waals surface area contributed by atoms with E-state index in [2.05, 4.69) is 5.32 Å². The molecule has 1 amide bonds. The smallest absolute Gasteiger partial charge is 0.410 e. The highest BCUT2D eigenvalue weighted by Gasteiger charge is 2.12. The molecule has 0 saturated heterocycles. The Hall–Kier alpha value is -1.84. The van der Waals surface area contributed by atoms with Crippen LogP contribution in [0, 0.1) is 6.92 Å². The van der Waals surface area contributed by atoms with Crippen LogP contribution in [0.15, 0.2) is 18.2 Å². The van der Waals surface area contributed by atoms with Gasteiger partial charge in [-0.1, -0.05) is 38.5 Å². The van der Waals surface area contributed by atoms with Gasteiger partial charge in [-0.05, 0) is 30.9 Å². The van der Waals surface area contributed by atoms with Crippen molar-refractivity contribution < 1.29 is 14.3 Å². The van der Waals surface area contributed by atoms with E-state index in [0.717, 1.165) is 17.5 Å². The number of Topliss-reactive ketones (excluding diaryl/α,β-unsaturated/α-hetero) is 1. The summed E-state index contributed by atoms with van der Waals surface area (Å²) in [5.41, 5.74) is 2.11. The van der Waals surface area contributed by atoms with Gasteiger partial charge in [0.05, 0.1) is 6.54 Å². The van der Waals surface area contributed by atoms with Crippen molar-refractivity contribution in [2.24, 2.45) is 0 Å². The Kier molecular flexibility index (Phi) is 6.22. The molecule has 1 rings (SSSR count). The van der Waals surface area contributed by atoms with Gasteiger partial charge < -0.3 is 10.1 Å². The van der Waals surface area contributed by atoms with Crippen LogP contribution in [0.25, 0.3) is 0 Å². The normalized spacial score (nSPS) is 10.4. The first-order chi connectivity index (χ1) is 9.43. The number of hydrogen-bond acceptors (Lipinski definition) is 3. The molecule has 0 heterocycles. The molecule has 0 aliphatic rings. The van der Waals surface area contributed by atoms with E-state index in [4.69, 9.17) is 4.74 Å². The number of carbonyl (C=O) groups excluding carboxylic acids is 2. The molecular formula is C16H23NO3. The summed E-state index contributed by atoms with van der Waals surface area (Å²) in [5.74, 6) is 0.822. The predicted octanol–water partition coefficient (Wildman–Crippen LogP) is 3.58. The van der Waals surface area contributed by atoms with Gasteiger partial charge >= 0.3 is 6.09 Å². The number of aryl methyl sites for hydroxylation is 1. The predicted molar refractivity (Wildman–Crippen MR) is 79.2 cm³/mol. The fraction of sp³-hybridized carbons (Fsp3) is 0.500. The van der Waals surface area contributed by atoms with E-state index in [1.807, 2.05) is 39.8 Å². The van der Waals surface area contributed by atoms with Gasteiger partial charge in [0.1, 0.15) is 5.75 Å². The number of ether oxygens (including phenoxy) is 1. The summed E-state index contributed by atoms with van der Waals surface area (Å²) in [4.78, 5) is 23.0. The fourth-order valence-corrected chi connectivity index (χ4v) is 1.89. The molecule has 0 aliphatic carbocycles. The summed E-state index contributed by atoms with van der Waals surface area (Å²) in [6.45, 7) is 8.04. The lowest BCUT2D eigenvalue weighted by Crippen LogP contribution is -2.32. The van der Waals surface area contributed by atoms with E-state index < -0.39 is 6.09 Å². The largest absolute Gasteiger partial charge is 0.412 e. The first-order valence-electron chi connectivity index (χ1n) is 7.02. The van der Waals surface area contributed by atoms with Crippen molar-refractivity contribution in [2.75, 3.05) is 6.54 Å². The average Bonchev–Trinajstić information content (AvgIpc) is 2.38. The molecule has 1 aromatic rings. The lowest BCUT2D eigenvalue weighted by atomic mass is 10.00. The second kappa shape index (κ2) is 7.68. The standard InChI is InChI=1S/C16H23NO3/c1-5-6-13(18)10-17-16(19)20-15-8-7-12(4)9-14(15)11(2)3/h7-9,11H,5-6,10H2,1-4H3,(H,17,19). The van der Waals surface area contributed by atoms with Crippen LogP contribution in [0.3, 0.4) is 0 Å². The number of nitrogens with one attached hydrogen (secondary N) is 1. The number of ketones is 1. The number of amides is 1. The third-order valence-electron chi connectivity index (χ3n) is 2.95. The maximum Gasteiger partial charge on any atom is 0.412 e. The van der Waals surface area contributed by atoms with E-state index in [9.17, 15) is 9.59 Å². The van der Waals surface area contributed by atoms with Gasteiger partial charge in [-0.2, -0.15) is 0 Å².